The topological polar surface area (TPSA) is 76.1 Å². The van der Waals surface area contributed by atoms with Gasteiger partial charge in [-0.2, -0.15) is 10.1 Å². The Kier molecular flexibility index (Phi) is 5.79. The molecule has 0 aliphatic carbocycles. The Morgan fingerprint density at radius 2 is 1.66 bits per heavy atom. The lowest BCUT2D eigenvalue weighted by atomic mass is 10.1. The van der Waals surface area contributed by atoms with Gasteiger partial charge in [0.2, 0.25) is 11.7 Å². The van der Waals surface area contributed by atoms with Crippen LogP contribution in [0.3, 0.4) is 0 Å². The first kappa shape index (κ1) is 20.5. The van der Waals surface area contributed by atoms with E-state index in [1.165, 1.54) is 5.56 Å². The maximum Gasteiger partial charge on any atom is 0.244 e. The van der Waals surface area contributed by atoms with Gasteiger partial charge in [-0.15, -0.1) is 0 Å². The number of rotatable bonds is 6. The van der Waals surface area contributed by atoms with Gasteiger partial charge in [0, 0.05) is 55.9 Å². The molecule has 32 heavy (non-hydrogen) atoms. The smallest absolute Gasteiger partial charge is 0.244 e. The highest BCUT2D eigenvalue weighted by Gasteiger charge is 2.26. The number of hydrogen-bond acceptors (Lipinski definition) is 7. The van der Waals surface area contributed by atoms with E-state index in [2.05, 4.69) is 66.8 Å². The van der Waals surface area contributed by atoms with E-state index in [1.807, 2.05) is 42.9 Å². The average molecular weight is 430 g/mol. The molecule has 0 bridgehead atoms. The zero-order chi connectivity index (χ0) is 21.9. The number of aryl methyl sites for hydroxylation is 1. The van der Waals surface area contributed by atoms with E-state index >= 15 is 0 Å². The summed E-state index contributed by atoms with van der Waals surface area (Å²) in [5.41, 5.74) is 4.43. The number of piperazine rings is 1. The summed E-state index contributed by atoms with van der Waals surface area (Å²) in [5.74, 6) is 1.31. The first-order valence-electron chi connectivity index (χ1n) is 11.0. The van der Waals surface area contributed by atoms with Crippen LogP contribution >= 0.6 is 0 Å². The molecule has 8 heteroatoms. The van der Waals surface area contributed by atoms with Crippen molar-refractivity contribution in [3.63, 3.8) is 0 Å². The van der Waals surface area contributed by atoms with Crippen LogP contribution in [0.15, 0.2) is 65.6 Å². The van der Waals surface area contributed by atoms with E-state index in [-0.39, 0.29) is 6.04 Å². The van der Waals surface area contributed by atoms with Crippen molar-refractivity contribution in [3.05, 3.63) is 72.5 Å². The van der Waals surface area contributed by atoms with E-state index < -0.39 is 0 Å². The molecule has 1 aliphatic rings. The molecule has 0 N–H and O–H groups in total. The average Bonchev–Trinajstić information content (AvgIpc) is 3.50. The molecule has 4 aromatic rings. The molecule has 1 aromatic carbocycles. The standard InChI is InChI=1S/C24H27N7O/c1-18-3-5-21(6-4-18)23-27-24(32-28-23)19(2)30-15-13-29(14-16-30)17-31-22(9-12-26-31)20-7-10-25-11-8-20/h3-12,19H,13-17H2,1-2H3. The summed E-state index contributed by atoms with van der Waals surface area (Å²) in [4.78, 5) is 13.6. The zero-order valence-corrected chi connectivity index (χ0v) is 18.4. The Labute approximate surface area is 187 Å². The van der Waals surface area contributed by atoms with Gasteiger partial charge in [-0.05, 0) is 32.0 Å². The van der Waals surface area contributed by atoms with Crippen LogP contribution in [0.4, 0.5) is 0 Å². The van der Waals surface area contributed by atoms with Crippen LogP contribution in [-0.4, -0.2) is 60.9 Å². The van der Waals surface area contributed by atoms with E-state index in [4.69, 9.17) is 4.52 Å². The highest BCUT2D eigenvalue weighted by atomic mass is 16.5. The molecule has 1 saturated heterocycles. The number of aromatic nitrogens is 5. The molecule has 1 atom stereocenters. The largest absolute Gasteiger partial charge is 0.337 e. The lowest BCUT2D eigenvalue weighted by molar-refractivity contribution is 0.0693. The summed E-state index contributed by atoms with van der Waals surface area (Å²) in [6.45, 7) is 8.77. The number of benzene rings is 1. The fourth-order valence-corrected chi connectivity index (χ4v) is 4.08. The molecular formula is C24H27N7O. The summed E-state index contributed by atoms with van der Waals surface area (Å²) < 4.78 is 7.66. The fraction of sp³-hybridized carbons (Fsp3) is 0.333. The number of nitrogens with zero attached hydrogens (tertiary/aromatic N) is 7. The SMILES string of the molecule is Cc1ccc(-c2noc(C(C)N3CCN(Cn4nccc4-c4ccncc4)CC3)n2)cc1. The van der Waals surface area contributed by atoms with Gasteiger partial charge < -0.3 is 4.52 Å². The van der Waals surface area contributed by atoms with Crippen LogP contribution in [0, 0.1) is 6.92 Å². The predicted octanol–water partition coefficient (Wildman–Crippen LogP) is 3.64. The molecule has 164 valence electrons. The quantitative estimate of drug-likeness (QED) is 0.463. The van der Waals surface area contributed by atoms with E-state index in [0.717, 1.165) is 49.7 Å². The van der Waals surface area contributed by atoms with Gasteiger partial charge in [0.05, 0.1) is 18.4 Å². The zero-order valence-electron chi connectivity index (χ0n) is 18.4. The van der Waals surface area contributed by atoms with Gasteiger partial charge in [0.25, 0.3) is 0 Å². The molecule has 3 aromatic heterocycles. The van der Waals surface area contributed by atoms with E-state index in [9.17, 15) is 0 Å². The molecule has 0 radical (unpaired) electrons. The highest BCUT2D eigenvalue weighted by Crippen LogP contribution is 2.24. The van der Waals surface area contributed by atoms with Gasteiger partial charge in [-0.25, -0.2) is 0 Å². The molecule has 1 fully saturated rings. The van der Waals surface area contributed by atoms with Crippen molar-refractivity contribution in [2.75, 3.05) is 26.2 Å². The lowest BCUT2D eigenvalue weighted by Gasteiger charge is -2.36. The van der Waals surface area contributed by atoms with Crippen molar-refractivity contribution in [1.29, 1.82) is 0 Å². The third-order valence-corrected chi connectivity index (χ3v) is 6.09. The monoisotopic (exact) mass is 429 g/mol. The summed E-state index contributed by atoms with van der Waals surface area (Å²) >= 11 is 0. The summed E-state index contributed by atoms with van der Waals surface area (Å²) in [6, 6.07) is 14.4. The van der Waals surface area contributed by atoms with Crippen LogP contribution in [0.1, 0.15) is 24.4 Å². The van der Waals surface area contributed by atoms with Gasteiger partial charge in [0.15, 0.2) is 0 Å². The maximum atomic E-state index is 5.61. The second kappa shape index (κ2) is 9.02. The van der Waals surface area contributed by atoms with Crippen LogP contribution in [0.2, 0.25) is 0 Å². The Balaban J connectivity index is 1.19. The summed E-state index contributed by atoms with van der Waals surface area (Å²) in [6.07, 6.45) is 5.48. The predicted molar refractivity (Wildman–Crippen MR) is 121 cm³/mol. The van der Waals surface area contributed by atoms with Crippen molar-refractivity contribution < 1.29 is 4.52 Å². The van der Waals surface area contributed by atoms with Crippen LogP contribution in [0.25, 0.3) is 22.6 Å². The minimum absolute atomic E-state index is 0.0842. The van der Waals surface area contributed by atoms with E-state index in [0.29, 0.717) is 11.7 Å². The highest BCUT2D eigenvalue weighted by molar-refractivity contribution is 5.58. The summed E-state index contributed by atoms with van der Waals surface area (Å²) in [5, 5.41) is 8.73. The molecule has 4 heterocycles. The molecule has 0 amide bonds. The van der Waals surface area contributed by atoms with Crippen LogP contribution in [-0.2, 0) is 6.67 Å². The normalized spacial score (nSPS) is 16.3. The first-order chi connectivity index (χ1) is 15.7. The van der Waals surface area contributed by atoms with Crippen molar-refractivity contribution in [1.82, 2.24) is 34.7 Å². The summed E-state index contributed by atoms with van der Waals surface area (Å²) in [7, 11) is 0. The minimum atomic E-state index is 0.0842. The Hall–Kier alpha value is -3.36. The number of pyridine rings is 1. The molecule has 0 saturated carbocycles. The van der Waals surface area contributed by atoms with Crippen LogP contribution < -0.4 is 0 Å². The van der Waals surface area contributed by atoms with Crippen LogP contribution in [0.5, 0.6) is 0 Å². The third-order valence-electron chi connectivity index (χ3n) is 6.09. The lowest BCUT2D eigenvalue weighted by Crippen LogP contribution is -2.47. The molecular weight excluding hydrogens is 402 g/mol. The van der Waals surface area contributed by atoms with E-state index in [1.54, 1.807) is 0 Å². The van der Waals surface area contributed by atoms with Crippen molar-refractivity contribution in [3.8, 4) is 22.6 Å². The van der Waals surface area contributed by atoms with Gasteiger partial charge >= 0.3 is 0 Å². The Morgan fingerprint density at radius 3 is 2.41 bits per heavy atom. The molecule has 8 nitrogen and oxygen atoms in total. The molecule has 5 rings (SSSR count). The van der Waals surface area contributed by atoms with Crippen molar-refractivity contribution >= 4 is 0 Å². The Bertz CT molecular complexity index is 1140. The Morgan fingerprint density at radius 1 is 0.906 bits per heavy atom. The first-order valence-corrected chi connectivity index (χ1v) is 11.0. The third kappa shape index (κ3) is 4.32. The van der Waals surface area contributed by atoms with Gasteiger partial charge in [-0.3, -0.25) is 19.5 Å². The van der Waals surface area contributed by atoms with Crippen molar-refractivity contribution in [2.45, 2.75) is 26.6 Å². The van der Waals surface area contributed by atoms with Gasteiger partial charge in [-0.1, -0.05) is 35.0 Å². The molecule has 1 unspecified atom stereocenters. The maximum absolute atomic E-state index is 5.61. The second-order valence-electron chi connectivity index (χ2n) is 8.25. The minimum Gasteiger partial charge on any atom is -0.337 e. The number of hydrogen-bond donors (Lipinski definition) is 0. The van der Waals surface area contributed by atoms with Crippen molar-refractivity contribution in [2.24, 2.45) is 0 Å². The second-order valence-corrected chi connectivity index (χ2v) is 8.25. The molecule has 0 spiro atoms. The van der Waals surface area contributed by atoms with Gasteiger partial charge in [0.1, 0.15) is 0 Å². The molecule has 1 aliphatic heterocycles. The fourth-order valence-electron chi connectivity index (χ4n) is 4.08.